The molecule has 0 aliphatic heterocycles. The number of amides is 1. The van der Waals surface area contributed by atoms with Crippen LogP contribution in [0.4, 0.5) is 30.2 Å². The zero-order chi connectivity index (χ0) is 27.5. The van der Waals surface area contributed by atoms with Crippen molar-refractivity contribution in [3.8, 4) is 0 Å². The molecule has 198 valence electrons. The molecule has 0 atom stereocenters. The van der Waals surface area contributed by atoms with E-state index in [1.54, 1.807) is 44.2 Å². The molecule has 0 unspecified atom stereocenters. The fraction of sp³-hybridized carbons (Fsp3) is 0.250. The van der Waals surface area contributed by atoms with E-state index < -0.39 is 44.3 Å². The molecule has 1 amide bonds. The van der Waals surface area contributed by atoms with Crippen molar-refractivity contribution in [3.05, 3.63) is 77.1 Å². The van der Waals surface area contributed by atoms with Gasteiger partial charge < -0.3 is 15.4 Å². The number of ether oxygens (including phenoxy) is 1. The highest BCUT2D eigenvalue weighted by Crippen LogP contribution is 2.37. The van der Waals surface area contributed by atoms with E-state index in [1.807, 2.05) is 0 Å². The van der Waals surface area contributed by atoms with Gasteiger partial charge in [0.15, 0.2) is 5.69 Å². The van der Waals surface area contributed by atoms with Crippen molar-refractivity contribution in [1.29, 1.82) is 0 Å². The number of carbonyl (C=O) groups is 1. The number of methoxy groups -OCH3 is 1. The summed E-state index contributed by atoms with van der Waals surface area (Å²) in [6.07, 6.45) is -3.72. The molecule has 0 fully saturated rings. The van der Waals surface area contributed by atoms with Gasteiger partial charge >= 0.3 is 6.18 Å². The molecular weight excluding hydrogens is 533 g/mol. The number of rotatable bonds is 8. The molecule has 0 saturated carbocycles. The summed E-state index contributed by atoms with van der Waals surface area (Å²) < 4.78 is 73.3. The van der Waals surface area contributed by atoms with Crippen LogP contribution in [-0.2, 0) is 20.9 Å². The highest BCUT2D eigenvalue weighted by Gasteiger charge is 2.37. The topological polar surface area (TPSA) is 106 Å². The van der Waals surface area contributed by atoms with E-state index in [0.717, 1.165) is 12.1 Å². The van der Waals surface area contributed by atoms with Gasteiger partial charge in [-0.2, -0.15) is 13.2 Å². The Balaban J connectivity index is 2.20. The lowest BCUT2D eigenvalue weighted by Crippen LogP contribution is -2.40. The number of alkyl halides is 3. The Labute approximate surface area is 217 Å². The van der Waals surface area contributed by atoms with Crippen molar-refractivity contribution >= 4 is 44.6 Å². The summed E-state index contributed by atoms with van der Waals surface area (Å²) in [7, 11) is -3.52. The molecule has 3 rings (SSSR count). The van der Waals surface area contributed by atoms with Gasteiger partial charge in [-0.15, -0.1) is 0 Å². The van der Waals surface area contributed by atoms with Crippen molar-refractivity contribution in [3.63, 3.8) is 0 Å². The molecule has 1 aromatic heterocycles. The summed E-state index contributed by atoms with van der Waals surface area (Å²) >= 11 is 5.67. The van der Waals surface area contributed by atoms with Crippen LogP contribution in [0.5, 0.6) is 0 Å². The first-order chi connectivity index (χ1) is 17.3. The van der Waals surface area contributed by atoms with Crippen LogP contribution < -0.4 is 14.9 Å². The standard InChI is InChI=1S/C24H24ClF3N4O4S/c1-15(2)32(17-7-5-4-6-8-17)23(33)22-21(11-16(29)13-30-22)31(14-36-3)37(34,35)18-9-10-20(25)19(12-18)24(26,27)28/h4-13,15H,14,29H2,1-3H3. The van der Waals surface area contributed by atoms with Gasteiger partial charge in [0.05, 0.1) is 33.1 Å². The molecule has 2 aromatic carbocycles. The van der Waals surface area contributed by atoms with Crippen LogP contribution in [0.2, 0.25) is 5.02 Å². The van der Waals surface area contributed by atoms with Gasteiger partial charge in [0.25, 0.3) is 15.9 Å². The summed E-state index contributed by atoms with van der Waals surface area (Å²) in [5, 5.41) is -0.665. The number of nitrogen functional groups attached to an aromatic ring is 1. The van der Waals surface area contributed by atoms with Crippen molar-refractivity contribution in [2.45, 2.75) is 31.0 Å². The monoisotopic (exact) mass is 556 g/mol. The maximum atomic E-state index is 13.7. The first-order valence-electron chi connectivity index (χ1n) is 10.8. The molecule has 2 N–H and O–H groups in total. The first kappa shape index (κ1) is 28.2. The summed E-state index contributed by atoms with van der Waals surface area (Å²) in [6.45, 7) is 2.88. The number of carbonyl (C=O) groups excluding carboxylic acids is 1. The zero-order valence-corrected chi connectivity index (χ0v) is 21.6. The minimum absolute atomic E-state index is 0.0192. The molecule has 0 saturated heterocycles. The predicted molar refractivity (Wildman–Crippen MR) is 135 cm³/mol. The van der Waals surface area contributed by atoms with Crippen LogP contribution in [0.15, 0.2) is 65.7 Å². The molecule has 0 spiro atoms. The molecule has 0 aliphatic rings. The summed E-state index contributed by atoms with van der Waals surface area (Å²) in [4.78, 5) is 18.5. The van der Waals surface area contributed by atoms with Gasteiger partial charge in [-0.1, -0.05) is 29.8 Å². The first-order valence-corrected chi connectivity index (χ1v) is 12.6. The maximum Gasteiger partial charge on any atom is 0.417 e. The number of anilines is 3. The van der Waals surface area contributed by atoms with Crippen LogP contribution in [0.1, 0.15) is 29.9 Å². The third-order valence-electron chi connectivity index (χ3n) is 5.21. The Morgan fingerprint density at radius 3 is 2.35 bits per heavy atom. The Bertz CT molecular complexity index is 1390. The van der Waals surface area contributed by atoms with Crippen molar-refractivity contribution in [1.82, 2.24) is 4.98 Å². The lowest BCUT2D eigenvalue weighted by Gasteiger charge is -2.30. The third kappa shape index (κ3) is 5.97. The summed E-state index contributed by atoms with van der Waals surface area (Å²) in [6, 6.07) is 11.7. The SMILES string of the molecule is COCN(c1cc(N)cnc1C(=O)N(c1ccccc1)C(C)C)S(=O)(=O)c1ccc(Cl)c(C(F)(F)F)c1. The molecule has 1 heterocycles. The number of hydrogen-bond acceptors (Lipinski definition) is 6. The number of benzene rings is 2. The fourth-order valence-electron chi connectivity index (χ4n) is 3.57. The van der Waals surface area contributed by atoms with E-state index in [-0.39, 0.29) is 23.1 Å². The number of aromatic nitrogens is 1. The predicted octanol–water partition coefficient (Wildman–Crippen LogP) is 5.19. The fourth-order valence-corrected chi connectivity index (χ4v) is 5.20. The quantitative estimate of drug-likeness (QED) is 0.383. The average Bonchev–Trinajstić information content (AvgIpc) is 2.82. The van der Waals surface area contributed by atoms with E-state index in [1.165, 1.54) is 24.3 Å². The molecule has 0 radical (unpaired) electrons. The molecule has 3 aromatic rings. The van der Waals surface area contributed by atoms with Crippen LogP contribution in [0.3, 0.4) is 0 Å². The van der Waals surface area contributed by atoms with Crippen molar-refractivity contribution < 1.29 is 31.1 Å². The second kappa shape index (κ2) is 11.0. The van der Waals surface area contributed by atoms with Gasteiger partial charge in [-0.05, 0) is 50.2 Å². The zero-order valence-electron chi connectivity index (χ0n) is 20.0. The van der Waals surface area contributed by atoms with Crippen LogP contribution in [-0.4, -0.2) is 39.2 Å². The summed E-state index contributed by atoms with van der Waals surface area (Å²) in [5.74, 6) is -0.653. The number of para-hydroxylation sites is 1. The van der Waals surface area contributed by atoms with Crippen LogP contribution in [0.25, 0.3) is 0 Å². The largest absolute Gasteiger partial charge is 0.417 e. The van der Waals surface area contributed by atoms with Gasteiger partial charge in [0, 0.05) is 18.8 Å². The number of halogens is 4. The minimum Gasteiger partial charge on any atom is -0.397 e. The molecule has 8 nitrogen and oxygen atoms in total. The van der Waals surface area contributed by atoms with E-state index in [4.69, 9.17) is 22.1 Å². The molecular formula is C24H24ClF3N4O4S. The smallest absolute Gasteiger partial charge is 0.397 e. The number of sulfonamides is 1. The maximum absolute atomic E-state index is 13.7. The van der Waals surface area contributed by atoms with Crippen LogP contribution in [0, 0.1) is 0 Å². The molecule has 0 bridgehead atoms. The van der Waals surface area contributed by atoms with E-state index in [2.05, 4.69) is 4.98 Å². The highest BCUT2D eigenvalue weighted by atomic mass is 35.5. The number of hydrogen-bond donors (Lipinski definition) is 1. The Kier molecular flexibility index (Phi) is 8.35. The van der Waals surface area contributed by atoms with Gasteiger partial charge in [-0.3, -0.25) is 4.79 Å². The van der Waals surface area contributed by atoms with E-state index in [0.29, 0.717) is 16.1 Å². The summed E-state index contributed by atoms with van der Waals surface area (Å²) in [5.41, 5.74) is 4.53. The second-order valence-electron chi connectivity index (χ2n) is 8.15. The lowest BCUT2D eigenvalue weighted by molar-refractivity contribution is -0.137. The third-order valence-corrected chi connectivity index (χ3v) is 7.27. The highest BCUT2D eigenvalue weighted by molar-refractivity contribution is 7.92. The van der Waals surface area contributed by atoms with Crippen molar-refractivity contribution in [2.75, 3.05) is 28.8 Å². The van der Waals surface area contributed by atoms with Crippen LogP contribution >= 0.6 is 11.6 Å². The Hall–Kier alpha value is -3.35. The van der Waals surface area contributed by atoms with E-state index >= 15 is 0 Å². The normalized spacial score (nSPS) is 12.0. The Morgan fingerprint density at radius 2 is 1.78 bits per heavy atom. The minimum atomic E-state index is -4.90. The van der Waals surface area contributed by atoms with Gasteiger partial charge in [-0.25, -0.2) is 17.7 Å². The molecule has 37 heavy (non-hydrogen) atoms. The number of nitrogens with zero attached hydrogens (tertiary/aromatic N) is 3. The van der Waals surface area contributed by atoms with Crippen molar-refractivity contribution in [2.24, 2.45) is 0 Å². The van der Waals surface area contributed by atoms with Gasteiger partial charge in [0.2, 0.25) is 0 Å². The second-order valence-corrected chi connectivity index (χ2v) is 10.4. The number of nitrogens with two attached hydrogens (primary N) is 1. The lowest BCUT2D eigenvalue weighted by atomic mass is 10.2. The average molecular weight is 557 g/mol. The Morgan fingerprint density at radius 1 is 1.14 bits per heavy atom. The van der Waals surface area contributed by atoms with E-state index in [9.17, 15) is 26.4 Å². The molecule has 0 aliphatic carbocycles. The number of pyridine rings is 1. The molecule has 13 heteroatoms. The van der Waals surface area contributed by atoms with Gasteiger partial charge in [0.1, 0.15) is 6.73 Å².